The van der Waals surface area contributed by atoms with E-state index in [4.69, 9.17) is 11.6 Å². The molecule has 20 heavy (non-hydrogen) atoms. The third kappa shape index (κ3) is 2.30. The van der Waals surface area contributed by atoms with Crippen molar-refractivity contribution >= 4 is 33.9 Å². The van der Waals surface area contributed by atoms with Crippen molar-refractivity contribution < 1.29 is 4.39 Å². The Bertz CT molecular complexity index is 808. The van der Waals surface area contributed by atoms with E-state index < -0.39 is 0 Å². The summed E-state index contributed by atoms with van der Waals surface area (Å²) in [5.41, 5.74) is 2.87. The van der Waals surface area contributed by atoms with Crippen LogP contribution in [0.25, 0.3) is 10.9 Å². The average molecular weight is 288 g/mol. The SMILES string of the molecule is Cc1[nH]c2ccc(F)cc2c1N=Nc1ccccc1Cl. The molecule has 100 valence electrons. The lowest BCUT2D eigenvalue weighted by Gasteiger charge is -1.96. The minimum Gasteiger partial charge on any atom is -0.357 e. The Labute approximate surface area is 120 Å². The number of halogens is 2. The normalized spacial score (nSPS) is 11.6. The van der Waals surface area contributed by atoms with E-state index in [1.807, 2.05) is 19.1 Å². The first-order chi connectivity index (χ1) is 9.65. The minimum absolute atomic E-state index is 0.300. The molecule has 5 heteroatoms. The highest BCUT2D eigenvalue weighted by molar-refractivity contribution is 6.32. The predicted molar refractivity (Wildman–Crippen MR) is 78.6 cm³/mol. The van der Waals surface area contributed by atoms with Crippen LogP contribution in [0.4, 0.5) is 15.8 Å². The van der Waals surface area contributed by atoms with Gasteiger partial charge in [-0.1, -0.05) is 23.7 Å². The summed E-state index contributed by atoms with van der Waals surface area (Å²) >= 11 is 6.03. The summed E-state index contributed by atoms with van der Waals surface area (Å²) in [6, 6.07) is 11.7. The molecule has 3 rings (SSSR count). The van der Waals surface area contributed by atoms with Crippen LogP contribution in [0.1, 0.15) is 5.69 Å². The Hall–Kier alpha value is -2.20. The first-order valence-electron chi connectivity index (χ1n) is 6.09. The van der Waals surface area contributed by atoms with Gasteiger partial charge in [-0.05, 0) is 37.3 Å². The number of hydrogen-bond acceptors (Lipinski definition) is 2. The van der Waals surface area contributed by atoms with Crippen molar-refractivity contribution in [3.63, 3.8) is 0 Å². The van der Waals surface area contributed by atoms with E-state index in [2.05, 4.69) is 15.2 Å². The zero-order valence-electron chi connectivity index (χ0n) is 10.7. The number of aryl methyl sites for hydroxylation is 1. The fourth-order valence-electron chi connectivity index (χ4n) is 2.05. The standard InChI is InChI=1S/C15H11ClFN3/c1-9-15(11-8-10(17)6-7-13(11)18-9)20-19-14-5-3-2-4-12(14)16/h2-8,18H,1H3. The Morgan fingerprint density at radius 3 is 2.70 bits per heavy atom. The molecule has 0 amide bonds. The van der Waals surface area contributed by atoms with Crippen molar-refractivity contribution in [1.82, 2.24) is 4.98 Å². The Balaban J connectivity index is 2.09. The van der Waals surface area contributed by atoms with Gasteiger partial charge in [0.25, 0.3) is 0 Å². The molecule has 0 aliphatic carbocycles. The zero-order valence-corrected chi connectivity index (χ0v) is 11.4. The van der Waals surface area contributed by atoms with Gasteiger partial charge in [0.15, 0.2) is 0 Å². The van der Waals surface area contributed by atoms with Gasteiger partial charge in [0.05, 0.1) is 5.02 Å². The first-order valence-corrected chi connectivity index (χ1v) is 6.47. The summed E-state index contributed by atoms with van der Waals surface area (Å²) in [5.74, 6) is -0.300. The Kier molecular flexibility index (Phi) is 3.24. The lowest BCUT2D eigenvalue weighted by atomic mass is 10.2. The fraction of sp³-hybridized carbons (Fsp3) is 0.0667. The highest BCUT2D eigenvalue weighted by Crippen LogP contribution is 2.33. The molecule has 0 bridgehead atoms. The van der Waals surface area contributed by atoms with Crippen molar-refractivity contribution in [2.75, 3.05) is 0 Å². The maximum Gasteiger partial charge on any atom is 0.124 e. The number of hydrogen-bond donors (Lipinski definition) is 1. The summed E-state index contributed by atoms with van der Waals surface area (Å²) in [7, 11) is 0. The van der Waals surface area contributed by atoms with Crippen LogP contribution in [0.2, 0.25) is 5.02 Å². The minimum atomic E-state index is -0.300. The van der Waals surface area contributed by atoms with Gasteiger partial charge < -0.3 is 4.98 Å². The number of fused-ring (bicyclic) bond motifs is 1. The van der Waals surface area contributed by atoms with Gasteiger partial charge >= 0.3 is 0 Å². The van der Waals surface area contributed by atoms with Gasteiger partial charge in [0.2, 0.25) is 0 Å². The lowest BCUT2D eigenvalue weighted by molar-refractivity contribution is 0.629. The maximum atomic E-state index is 13.3. The number of aromatic amines is 1. The summed E-state index contributed by atoms with van der Waals surface area (Å²) in [6.07, 6.45) is 0. The molecule has 0 saturated heterocycles. The highest BCUT2D eigenvalue weighted by Gasteiger charge is 2.09. The quantitative estimate of drug-likeness (QED) is 0.589. The van der Waals surface area contributed by atoms with Crippen molar-refractivity contribution in [3.05, 3.63) is 59.0 Å². The highest BCUT2D eigenvalue weighted by atomic mass is 35.5. The molecular weight excluding hydrogens is 277 g/mol. The summed E-state index contributed by atoms with van der Waals surface area (Å²) < 4.78 is 13.3. The van der Waals surface area contributed by atoms with E-state index in [-0.39, 0.29) is 5.82 Å². The van der Waals surface area contributed by atoms with Crippen LogP contribution in [0.5, 0.6) is 0 Å². The zero-order chi connectivity index (χ0) is 14.1. The van der Waals surface area contributed by atoms with Gasteiger partial charge in [-0.25, -0.2) is 4.39 Å². The van der Waals surface area contributed by atoms with Crippen LogP contribution in [-0.2, 0) is 0 Å². The second kappa shape index (κ2) is 5.06. The molecule has 0 saturated carbocycles. The Morgan fingerprint density at radius 2 is 1.90 bits per heavy atom. The fourth-order valence-corrected chi connectivity index (χ4v) is 2.22. The summed E-state index contributed by atoms with van der Waals surface area (Å²) in [4.78, 5) is 3.15. The average Bonchev–Trinajstić information content (AvgIpc) is 2.73. The molecule has 0 radical (unpaired) electrons. The molecular formula is C15H11ClFN3. The molecule has 1 heterocycles. The van der Waals surface area contributed by atoms with Gasteiger partial charge in [-0.2, -0.15) is 0 Å². The molecule has 0 unspecified atom stereocenters. The number of nitrogens with zero attached hydrogens (tertiary/aromatic N) is 2. The molecule has 1 N–H and O–H groups in total. The molecule has 3 nitrogen and oxygen atoms in total. The number of azo groups is 1. The van der Waals surface area contributed by atoms with Crippen LogP contribution in [0.15, 0.2) is 52.7 Å². The van der Waals surface area contributed by atoms with Gasteiger partial charge in [-0.3, -0.25) is 0 Å². The van der Waals surface area contributed by atoms with Crippen LogP contribution in [-0.4, -0.2) is 4.98 Å². The van der Waals surface area contributed by atoms with Crippen molar-refractivity contribution in [1.29, 1.82) is 0 Å². The van der Waals surface area contributed by atoms with Crippen LogP contribution in [0, 0.1) is 12.7 Å². The molecule has 3 aromatic rings. The van der Waals surface area contributed by atoms with E-state index in [9.17, 15) is 4.39 Å². The molecule has 0 aliphatic heterocycles. The van der Waals surface area contributed by atoms with Crippen LogP contribution < -0.4 is 0 Å². The number of rotatable bonds is 2. The van der Waals surface area contributed by atoms with E-state index >= 15 is 0 Å². The number of H-pyrrole nitrogens is 1. The van der Waals surface area contributed by atoms with Gasteiger partial charge in [-0.15, -0.1) is 10.2 Å². The maximum absolute atomic E-state index is 13.3. The van der Waals surface area contributed by atoms with Gasteiger partial charge in [0.1, 0.15) is 17.2 Å². The number of aromatic nitrogens is 1. The second-order valence-corrected chi connectivity index (χ2v) is 4.85. The summed E-state index contributed by atoms with van der Waals surface area (Å²) in [5, 5.41) is 9.58. The van der Waals surface area contributed by atoms with Crippen molar-refractivity contribution in [2.45, 2.75) is 6.92 Å². The molecule has 0 aliphatic rings. The van der Waals surface area contributed by atoms with E-state index in [0.717, 1.165) is 11.2 Å². The second-order valence-electron chi connectivity index (χ2n) is 4.44. The van der Waals surface area contributed by atoms with Crippen LogP contribution >= 0.6 is 11.6 Å². The lowest BCUT2D eigenvalue weighted by Crippen LogP contribution is -1.72. The molecule has 0 spiro atoms. The Morgan fingerprint density at radius 1 is 1.10 bits per heavy atom. The van der Waals surface area contributed by atoms with Crippen molar-refractivity contribution in [2.24, 2.45) is 10.2 Å². The summed E-state index contributed by atoms with van der Waals surface area (Å²) in [6.45, 7) is 1.87. The largest absolute Gasteiger partial charge is 0.357 e. The third-order valence-corrected chi connectivity index (χ3v) is 3.34. The molecule has 2 aromatic carbocycles. The topological polar surface area (TPSA) is 40.5 Å². The monoisotopic (exact) mass is 287 g/mol. The smallest absolute Gasteiger partial charge is 0.124 e. The molecule has 0 atom stereocenters. The third-order valence-electron chi connectivity index (χ3n) is 3.02. The van der Waals surface area contributed by atoms with Crippen LogP contribution in [0.3, 0.4) is 0 Å². The molecule has 1 aromatic heterocycles. The molecule has 0 fully saturated rings. The van der Waals surface area contributed by atoms with E-state index in [1.54, 1.807) is 18.2 Å². The van der Waals surface area contributed by atoms with E-state index in [0.29, 0.717) is 21.8 Å². The number of benzene rings is 2. The van der Waals surface area contributed by atoms with Crippen molar-refractivity contribution in [3.8, 4) is 0 Å². The van der Waals surface area contributed by atoms with Gasteiger partial charge in [0, 0.05) is 16.6 Å². The first kappa shape index (κ1) is 12.8. The number of nitrogens with one attached hydrogen (secondary N) is 1. The van der Waals surface area contributed by atoms with E-state index in [1.165, 1.54) is 12.1 Å². The predicted octanol–water partition coefficient (Wildman–Crippen LogP) is 5.68.